The van der Waals surface area contributed by atoms with E-state index in [1.54, 1.807) is 50.4 Å². The normalized spacial score (nSPS) is 12.4. The van der Waals surface area contributed by atoms with Crippen LogP contribution in [0.15, 0.2) is 58.3 Å². The van der Waals surface area contributed by atoms with Gasteiger partial charge >= 0.3 is 0 Å². The van der Waals surface area contributed by atoms with Crippen LogP contribution in [0, 0.1) is 13.8 Å². The maximum atomic E-state index is 12.9. The number of aryl methyl sites for hydroxylation is 2. The van der Waals surface area contributed by atoms with Crippen LogP contribution in [-0.2, 0) is 14.8 Å². The highest BCUT2D eigenvalue weighted by Crippen LogP contribution is 2.27. The smallest absolute Gasteiger partial charge is 0.263 e. The minimum absolute atomic E-state index is 0.0190. The van der Waals surface area contributed by atoms with E-state index in [0.29, 0.717) is 22.5 Å². The second kappa shape index (κ2) is 9.69. The summed E-state index contributed by atoms with van der Waals surface area (Å²) in [6.07, 6.45) is 5.01. The lowest BCUT2D eigenvalue weighted by atomic mass is 10.1. The fraction of sp³-hybridized carbons (Fsp3) is 0.190. The molecule has 0 bridgehead atoms. The lowest BCUT2D eigenvalue weighted by Crippen LogP contribution is -2.17. The topological polar surface area (TPSA) is 101 Å². The molecule has 2 aromatic rings. The number of nitrogens with one attached hydrogen (secondary N) is 2. The third-order valence-corrected chi connectivity index (χ3v) is 5.97. The Morgan fingerprint density at radius 3 is 2.53 bits per heavy atom. The fourth-order valence-corrected chi connectivity index (χ4v) is 4.31. The van der Waals surface area contributed by atoms with E-state index in [9.17, 15) is 13.2 Å². The Bertz CT molecular complexity index is 1150. The van der Waals surface area contributed by atoms with Gasteiger partial charge in [0.25, 0.3) is 10.0 Å². The molecule has 0 aliphatic carbocycles. The molecular formula is C21H23ClN4O3S. The Labute approximate surface area is 181 Å². The molecule has 1 amide bonds. The van der Waals surface area contributed by atoms with Crippen molar-refractivity contribution < 1.29 is 13.2 Å². The van der Waals surface area contributed by atoms with Crippen LogP contribution in [0.4, 0.5) is 5.69 Å². The van der Waals surface area contributed by atoms with Crippen LogP contribution in [-0.4, -0.2) is 26.0 Å². The molecule has 0 aliphatic heterocycles. The lowest BCUT2D eigenvalue weighted by Gasteiger charge is -2.13. The molecule has 1 aromatic carbocycles. The van der Waals surface area contributed by atoms with Crippen molar-refractivity contribution in [3.63, 3.8) is 0 Å². The number of benzene rings is 1. The molecule has 0 saturated heterocycles. The van der Waals surface area contributed by atoms with Crippen molar-refractivity contribution >= 4 is 45.5 Å². The number of amides is 1. The number of aliphatic imine (C=N–C) groups is 1. The van der Waals surface area contributed by atoms with Gasteiger partial charge in [-0.25, -0.2) is 13.4 Å². The predicted octanol–water partition coefficient (Wildman–Crippen LogP) is 4.23. The highest BCUT2D eigenvalue weighted by atomic mass is 35.5. The molecule has 9 heteroatoms. The van der Waals surface area contributed by atoms with E-state index >= 15 is 0 Å². The summed E-state index contributed by atoms with van der Waals surface area (Å²) in [5.74, 6) is -0.0145. The molecule has 0 fully saturated rings. The second-order valence-electron chi connectivity index (χ2n) is 6.51. The van der Waals surface area contributed by atoms with Crippen LogP contribution >= 0.6 is 11.6 Å². The van der Waals surface area contributed by atoms with Crippen LogP contribution in [0.5, 0.6) is 0 Å². The van der Waals surface area contributed by atoms with Crippen molar-refractivity contribution in [3.8, 4) is 0 Å². The number of anilines is 1. The molecule has 30 heavy (non-hydrogen) atoms. The first kappa shape index (κ1) is 23.3. The van der Waals surface area contributed by atoms with Gasteiger partial charge in [0, 0.05) is 18.7 Å². The number of sulfonamides is 1. The molecule has 2 rings (SSSR count). The highest BCUT2D eigenvalue weighted by Gasteiger charge is 2.19. The minimum atomic E-state index is -3.92. The van der Waals surface area contributed by atoms with Crippen molar-refractivity contribution in [1.29, 1.82) is 0 Å². The molecule has 1 heterocycles. The number of pyridine rings is 1. The van der Waals surface area contributed by atoms with Gasteiger partial charge in [-0.15, -0.1) is 0 Å². The van der Waals surface area contributed by atoms with Gasteiger partial charge in [0.05, 0.1) is 16.4 Å². The van der Waals surface area contributed by atoms with Gasteiger partial charge in [0.15, 0.2) is 0 Å². The Kier molecular flexibility index (Phi) is 7.53. The van der Waals surface area contributed by atoms with E-state index in [0.717, 1.165) is 5.56 Å². The molecule has 0 atom stereocenters. The van der Waals surface area contributed by atoms with Crippen LogP contribution < -0.4 is 10.0 Å². The van der Waals surface area contributed by atoms with Crippen LogP contribution in [0.2, 0.25) is 5.02 Å². The number of nitrogens with zero attached hydrogens (tertiary/aromatic N) is 2. The molecule has 0 saturated carbocycles. The number of hydrogen-bond acceptors (Lipinski definition) is 5. The van der Waals surface area contributed by atoms with E-state index in [1.165, 1.54) is 13.0 Å². The van der Waals surface area contributed by atoms with Crippen molar-refractivity contribution in [2.45, 2.75) is 32.6 Å². The quantitative estimate of drug-likeness (QED) is 0.490. The molecular weight excluding hydrogens is 424 g/mol. The van der Waals surface area contributed by atoms with E-state index in [-0.39, 0.29) is 21.6 Å². The van der Waals surface area contributed by atoms with Gasteiger partial charge in [-0.2, -0.15) is 0 Å². The molecule has 7 nitrogen and oxygen atoms in total. The molecule has 158 valence electrons. The van der Waals surface area contributed by atoms with Crippen LogP contribution in [0.3, 0.4) is 0 Å². The Balaban J connectivity index is 2.44. The molecule has 1 aromatic heterocycles. The molecule has 0 aliphatic rings. The summed E-state index contributed by atoms with van der Waals surface area (Å²) in [4.78, 5) is 19.4. The van der Waals surface area contributed by atoms with Crippen molar-refractivity contribution in [1.82, 2.24) is 10.3 Å². The van der Waals surface area contributed by atoms with Crippen molar-refractivity contribution in [2.24, 2.45) is 4.99 Å². The highest BCUT2D eigenvalue weighted by molar-refractivity contribution is 7.92. The third-order valence-electron chi connectivity index (χ3n) is 4.12. The van der Waals surface area contributed by atoms with Gasteiger partial charge in [-0.05, 0) is 62.9 Å². The SMILES string of the molecule is C=N/C(=C\C(=C/C)c1cnc(C)c(NS(=O)(=O)c2ccc(C)cc2Cl)c1)NC(C)=O. The largest absolute Gasteiger partial charge is 0.311 e. The lowest BCUT2D eigenvalue weighted by molar-refractivity contribution is -0.118. The third kappa shape index (κ3) is 5.77. The van der Waals surface area contributed by atoms with Crippen LogP contribution in [0.1, 0.15) is 30.7 Å². The maximum Gasteiger partial charge on any atom is 0.263 e. The summed E-state index contributed by atoms with van der Waals surface area (Å²) in [6.45, 7) is 10.1. The van der Waals surface area contributed by atoms with E-state index in [1.807, 2.05) is 6.92 Å². The predicted molar refractivity (Wildman–Crippen MR) is 121 cm³/mol. The second-order valence-corrected chi connectivity index (χ2v) is 8.57. The first-order valence-corrected chi connectivity index (χ1v) is 10.8. The average molecular weight is 447 g/mol. The number of allylic oxidation sites excluding steroid dienone is 3. The van der Waals surface area contributed by atoms with E-state index < -0.39 is 10.0 Å². The minimum Gasteiger partial charge on any atom is -0.311 e. The van der Waals surface area contributed by atoms with E-state index in [2.05, 4.69) is 26.7 Å². The van der Waals surface area contributed by atoms with E-state index in [4.69, 9.17) is 11.6 Å². The molecule has 0 spiro atoms. The summed E-state index contributed by atoms with van der Waals surface area (Å²) in [6, 6.07) is 6.38. The Hall–Kier alpha value is -2.97. The summed E-state index contributed by atoms with van der Waals surface area (Å²) in [5.41, 5.74) is 2.96. The molecule has 2 N–H and O–H groups in total. The van der Waals surface area contributed by atoms with Crippen molar-refractivity contribution in [3.05, 3.63) is 70.3 Å². The number of carbonyl (C=O) groups excluding carboxylic acids is 1. The first-order chi connectivity index (χ1) is 14.1. The van der Waals surface area contributed by atoms with Gasteiger partial charge < -0.3 is 5.32 Å². The Morgan fingerprint density at radius 1 is 1.27 bits per heavy atom. The zero-order valence-corrected chi connectivity index (χ0v) is 18.7. The standard InChI is InChI=1S/C21H23ClN4O3S/c1-6-16(11-21(23-5)25-15(4)27)17-10-19(14(3)24-12-17)26-30(28,29)20-8-7-13(2)9-18(20)22/h6-12,26H,5H2,1-4H3,(H,25,27)/b16-6+,21-11+. The monoisotopic (exact) mass is 446 g/mol. The summed E-state index contributed by atoms with van der Waals surface area (Å²) >= 11 is 6.14. The first-order valence-electron chi connectivity index (χ1n) is 8.95. The fourth-order valence-electron chi connectivity index (χ4n) is 2.60. The number of carbonyl (C=O) groups is 1. The molecule has 0 radical (unpaired) electrons. The zero-order valence-electron chi connectivity index (χ0n) is 17.2. The number of hydrogen-bond donors (Lipinski definition) is 2. The number of halogens is 1. The average Bonchev–Trinajstić information content (AvgIpc) is 2.66. The van der Waals surface area contributed by atoms with Gasteiger partial charge in [-0.1, -0.05) is 23.7 Å². The maximum absolute atomic E-state index is 12.9. The van der Waals surface area contributed by atoms with Gasteiger partial charge in [0.1, 0.15) is 10.7 Å². The summed E-state index contributed by atoms with van der Waals surface area (Å²) in [7, 11) is -3.92. The number of rotatable bonds is 7. The number of aromatic nitrogens is 1. The zero-order chi connectivity index (χ0) is 22.5. The summed E-state index contributed by atoms with van der Waals surface area (Å²) in [5, 5.41) is 2.70. The van der Waals surface area contributed by atoms with Gasteiger partial charge in [0.2, 0.25) is 5.91 Å². The summed E-state index contributed by atoms with van der Waals surface area (Å²) < 4.78 is 28.3. The van der Waals surface area contributed by atoms with Crippen molar-refractivity contribution in [2.75, 3.05) is 4.72 Å². The Morgan fingerprint density at radius 2 is 1.97 bits per heavy atom. The van der Waals surface area contributed by atoms with Crippen LogP contribution in [0.25, 0.3) is 5.57 Å². The van der Waals surface area contributed by atoms with Gasteiger partial charge in [-0.3, -0.25) is 14.5 Å². The molecule has 0 unspecified atom stereocenters.